The number of benzene rings is 14. The zero-order valence-corrected chi connectivity index (χ0v) is 45.9. The zero-order chi connectivity index (χ0) is 54.0. The molecule has 0 N–H and O–H groups in total. The summed E-state index contributed by atoms with van der Waals surface area (Å²) >= 11 is 2.56. The molecule has 0 atom stereocenters. The molecular formula is C76H48FIN2O. The fourth-order valence-corrected chi connectivity index (χ4v) is 13.0. The summed E-state index contributed by atoms with van der Waals surface area (Å²) < 4.78 is 26.6. The summed E-state index contributed by atoms with van der Waals surface area (Å²) in [6.45, 7) is 0. The summed E-state index contributed by atoms with van der Waals surface area (Å²) in [5, 5.41) is 10.6. The van der Waals surface area contributed by atoms with Crippen molar-refractivity contribution in [3.63, 3.8) is 0 Å². The molecule has 1 aromatic heterocycles. The lowest BCUT2D eigenvalue weighted by Crippen LogP contribution is -2.13. The minimum Gasteiger partial charge on any atom is -0.455 e. The van der Waals surface area contributed by atoms with Gasteiger partial charge in [0, 0.05) is 53.5 Å². The molecule has 0 saturated heterocycles. The van der Waals surface area contributed by atoms with E-state index in [9.17, 15) is 0 Å². The van der Waals surface area contributed by atoms with Crippen molar-refractivity contribution in [1.29, 1.82) is 0 Å². The van der Waals surface area contributed by atoms with Crippen LogP contribution in [-0.4, -0.2) is 0 Å². The van der Waals surface area contributed by atoms with Gasteiger partial charge in [0.05, 0.1) is 22.7 Å². The third-order valence-corrected chi connectivity index (χ3v) is 17.0. The van der Waals surface area contributed by atoms with Crippen LogP contribution in [0.5, 0.6) is 0 Å². The Bertz CT molecular complexity index is 4900. The standard InChI is InChI=1S/C76H48FIN2O/c77-74-65(53-25-9-3-10-26-53)43-55(49-21-5-1-6-22-49)45-70(74)79(68-37-19-31-51-29-13-15-33-59(51)68)57-39-41-63-67(47-57)61-35-17-18-36-62(61)73-64-42-40-58(48-72(64)81-76(63)73)80(69-38-20-32-52-30-14-16-34-60(52)69)71-46-56(50-23-7-2-8-24-50)44-66(75(71)78)54-27-11-4-12-28-54/h1-48H. The van der Waals surface area contributed by atoms with Crippen molar-refractivity contribution >= 4 is 122 Å². The van der Waals surface area contributed by atoms with E-state index in [1.807, 2.05) is 60.7 Å². The zero-order valence-electron chi connectivity index (χ0n) is 43.8. The van der Waals surface area contributed by atoms with Gasteiger partial charge in [-0.25, -0.2) is 4.39 Å². The quantitative estimate of drug-likeness (QED) is 0.101. The molecule has 0 bridgehead atoms. The molecule has 0 radical (unpaired) electrons. The summed E-state index contributed by atoms with van der Waals surface area (Å²) in [4.78, 5) is 4.52. The largest absolute Gasteiger partial charge is 0.455 e. The molecule has 1 heterocycles. The smallest absolute Gasteiger partial charge is 0.155 e. The molecule has 382 valence electrons. The second-order valence-corrected chi connectivity index (χ2v) is 21.7. The van der Waals surface area contributed by atoms with E-state index >= 15 is 4.39 Å². The number of rotatable bonds is 10. The summed E-state index contributed by atoms with van der Waals surface area (Å²) in [6, 6.07) is 102. The first-order valence-corrected chi connectivity index (χ1v) is 28.4. The van der Waals surface area contributed by atoms with Crippen LogP contribution >= 0.6 is 22.6 Å². The van der Waals surface area contributed by atoms with Gasteiger partial charge in [-0.05, 0) is 155 Å². The van der Waals surface area contributed by atoms with Crippen LogP contribution < -0.4 is 9.80 Å². The van der Waals surface area contributed by atoms with Crippen LogP contribution in [0.2, 0.25) is 0 Å². The first-order chi connectivity index (χ1) is 40.0. The Hall–Kier alpha value is -9.82. The highest BCUT2D eigenvalue weighted by Crippen LogP contribution is 2.50. The second-order valence-electron chi connectivity index (χ2n) is 20.6. The van der Waals surface area contributed by atoms with E-state index in [4.69, 9.17) is 4.42 Å². The predicted molar refractivity (Wildman–Crippen MR) is 348 cm³/mol. The Balaban J connectivity index is 0.964. The monoisotopic (exact) mass is 1150 g/mol. The van der Waals surface area contributed by atoms with Crippen molar-refractivity contribution in [2.45, 2.75) is 0 Å². The first-order valence-electron chi connectivity index (χ1n) is 27.3. The average molecular weight is 1150 g/mol. The van der Waals surface area contributed by atoms with Gasteiger partial charge < -0.3 is 14.2 Å². The molecule has 0 amide bonds. The number of hydrogen-bond acceptors (Lipinski definition) is 3. The maximum absolute atomic E-state index is 18.1. The van der Waals surface area contributed by atoms with Crippen LogP contribution in [0.15, 0.2) is 296 Å². The lowest BCUT2D eigenvalue weighted by atomic mass is 9.95. The van der Waals surface area contributed by atoms with Gasteiger partial charge in [0.2, 0.25) is 0 Å². The van der Waals surface area contributed by atoms with Crippen LogP contribution in [0.1, 0.15) is 0 Å². The Morgan fingerprint density at radius 3 is 1.33 bits per heavy atom. The average Bonchev–Trinajstić information content (AvgIpc) is 3.70. The topological polar surface area (TPSA) is 19.6 Å². The Morgan fingerprint density at radius 2 is 0.741 bits per heavy atom. The molecule has 0 fully saturated rings. The molecule has 5 heteroatoms. The summed E-state index contributed by atoms with van der Waals surface area (Å²) in [5.41, 5.74) is 14.6. The van der Waals surface area contributed by atoms with Crippen molar-refractivity contribution in [3.8, 4) is 44.5 Å². The predicted octanol–water partition coefficient (Wildman–Crippen LogP) is 22.6. The maximum Gasteiger partial charge on any atom is 0.155 e. The van der Waals surface area contributed by atoms with Gasteiger partial charge in [-0.15, -0.1) is 0 Å². The maximum atomic E-state index is 18.1. The number of anilines is 6. The molecule has 0 saturated carbocycles. The van der Waals surface area contributed by atoms with Crippen molar-refractivity contribution in [2.75, 3.05) is 9.80 Å². The molecule has 3 nitrogen and oxygen atoms in total. The van der Waals surface area contributed by atoms with Crippen LogP contribution in [0.4, 0.5) is 38.5 Å². The highest BCUT2D eigenvalue weighted by molar-refractivity contribution is 14.1. The normalized spacial score (nSPS) is 11.6. The molecule has 15 aromatic rings. The first kappa shape index (κ1) is 48.3. The lowest BCUT2D eigenvalue weighted by Gasteiger charge is -2.29. The van der Waals surface area contributed by atoms with Crippen LogP contribution in [0, 0.1) is 9.39 Å². The van der Waals surface area contributed by atoms with Gasteiger partial charge in [0.15, 0.2) is 5.82 Å². The van der Waals surface area contributed by atoms with Crippen molar-refractivity contribution in [1.82, 2.24) is 0 Å². The van der Waals surface area contributed by atoms with E-state index < -0.39 is 0 Å². The van der Waals surface area contributed by atoms with E-state index in [1.54, 1.807) is 0 Å². The lowest BCUT2D eigenvalue weighted by molar-refractivity contribution is 0.632. The summed E-state index contributed by atoms with van der Waals surface area (Å²) in [5.74, 6) is -0.308. The Kier molecular flexibility index (Phi) is 12.0. The Labute approximate surface area is 482 Å². The van der Waals surface area contributed by atoms with E-state index in [1.165, 1.54) is 0 Å². The number of halogens is 2. The molecular weight excluding hydrogens is 1100 g/mol. The SMILES string of the molecule is Fc1c(-c2ccccc2)cc(-c2ccccc2)cc1N(c1ccc2c(c1)c1ccccc1c1c3ccc(N(c4cc(-c5ccccc5)cc(-c5ccccc5)c4I)c4cccc5ccccc45)cc3oc21)c1cccc2ccccc12. The summed E-state index contributed by atoms with van der Waals surface area (Å²) in [7, 11) is 0. The summed E-state index contributed by atoms with van der Waals surface area (Å²) in [6.07, 6.45) is 0. The fourth-order valence-electron chi connectivity index (χ4n) is 12.1. The minimum absolute atomic E-state index is 0.308. The van der Waals surface area contributed by atoms with Gasteiger partial charge >= 0.3 is 0 Å². The molecule has 0 spiro atoms. The number of furan rings is 1. The van der Waals surface area contributed by atoms with Gasteiger partial charge in [-0.3, -0.25) is 0 Å². The van der Waals surface area contributed by atoms with Gasteiger partial charge in [0.25, 0.3) is 0 Å². The second kappa shape index (κ2) is 20.1. The molecule has 81 heavy (non-hydrogen) atoms. The minimum atomic E-state index is -0.308. The van der Waals surface area contributed by atoms with Crippen LogP contribution in [-0.2, 0) is 0 Å². The van der Waals surface area contributed by atoms with E-state index in [0.29, 0.717) is 11.3 Å². The van der Waals surface area contributed by atoms with Gasteiger partial charge in [-0.2, -0.15) is 0 Å². The molecule has 14 aromatic carbocycles. The Morgan fingerprint density at radius 1 is 0.296 bits per heavy atom. The highest BCUT2D eigenvalue weighted by atomic mass is 127. The molecule has 0 aliphatic heterocycles. The molecule has 0 aliphatic carbocycles. The van der Waals surface area contributed by atoms with Crippen LogP contribution in [0.3, 0.4) is 0 Å². The van der Waals surface area contributed by atoms with Crippen molar-refractivity contribution < 1.29 is 8.81 Å². The van der Waals surface area contributed by atoms with Gasteiger partial charge in [0.1, 0.15) is 11.2 Å². The fraction of sp³-hybridized carbons (Fsp3) is 0. The van der Waals surface area contributed by atoms with Crippen LogP contribution in [0.25, 0.3) is 110 Å². The van der Waals surface area contributed by atoms with Crippen molar-refractivity contribution in [2.24, 2.45) is 0 Å². The van der Waals surface area contributed by atoms with E-state index in [0.717, 1.165) is 136 Å². The molecule has 0 aliphatic rings. The molecule has 15 rings (SSSR count). The number of nitrogens with zero attached hydrogens (tertiary/aromatic N) is 2. The van der Waals surface area contributed by atoms with Crippen molar-refractivity contribution in [3.05, 3.63) is 301 Å². The highest BCUT2D eigenvalue weighted by Gasteiger charge is 2.27. The third-order valence-electron chi connectivity index (χ3n) is 15.9. The number of hydrogen-bond donors (Lipinski definition) is 0. The number of fused-ring (bicyclic) bond motifs is 10. The third kappa shape index (κ3) is 8.39. The van der Waals surface area contributed by atoms with Gasteiger partial charge in [-0.1, -0.05) is 218 Å². The van der Waals surface area contributed by atoms with E-state index in [2.05, 4.69) is 263 Å². The van der Waals surface area contributed by atoms with E-state index in [-0.39, 0.29) is 5.82 Å². The molecule has 0 unspecified atom stereocenters.